The van der Waals surface area contributed by atoms with E-state index in [1.165, 1.54) is 0 Å². The van der Waals surface area contributed by atoms with E-state index < -0.39 is 0 Å². The van der Waals surface area contributed by atoms with Crippen LogP contribution in [0.5, 0.6) is 0 Å². The predicted octanol–water partition coefficient (Wildman–Crippen LogP) is 0.199. The van der Waals surface area contributed by atoms with Gasteiger partial charge in [0, 0.05) is 32.0 Å². The van der Waals surface area contributed by atoms with Gasteiger partial charge in [-0.1, -0.05) is 13.0 Å². The maximum Gasteiger partial charge on any atom is 0.234 e. The van der Waals surface area contributed by atoms with Crippen LogP contribution in [0.2, 0.25) is 0 Å². The third-order valence-electron chi connectivity index (χ3n) is 2.57. The van der Waals surface area contributed by atoms with E-state index in [2.05, 4.69) is 11.9 Å². The van der Waals surface area contributed by atoms with Crippen molar-refractivity contribution in [2.75, 3.05) is 26.2 Å². The normalized spacial score (nSPS) is 22.5. The molecule has 1 saturated heterocycles. The van der Waals surface area contributed by atoms with E-state index >= 15 is 0 Å². The van der Waals surface area contributed by atoms with Gasteiger partial charge in [-0.3, -0.25) is 14.5 Å². The number of likely N-dealkylation sites (tertiary alicyclic amines) is 1. The van der Waals surface area contributed by atoms with Gasteiger partial charge in [0.05, 0.1) is 6.54 Å². The Balaban J connectivity index is 2.30. The van der Waals surface area contributed by atoms with Gasteiger partial charge in [-0.2, -0.15) is 0 Å². The first-order valence-electron chi connectivity index (χ1n) is 5.26. The minimum atomic E-state index is -0.00329. The zero-order chi connectivity index (χ0) is 11.3. The number of rotatable bonds is 4. The Bertz CT molecular complexity index is 263. The zero-order valence-corrected chi connectivity index (χ0v) is 9.16. The van der Waals surface area contributed by atoms with E-state index in [-0.39, 0.29) is 11.8 Å². The SMILES string of the molecule is C=CCNC(=O)CN1CCC(=O)C(C)C1. The van der Waals surface area contributed by atoms with Crippen molar-refractivity contribution < 1.29 is 9.59 Å². The van der Waals surface area contributed by atoms with Crippen LogP contribution in [0.25, 0.3) is 0 Å². The van der Waals surface area contributed by atoms with Crippen LogP contribution in [0.15, 0.2) is 12.7 Å². The molecule has 0 radical (unpaired) electrons. The summed E-state index contributed by atoms with van der Waals surface area (Å²) < 4.78 is 0. The number of nitrogens with zero attached hydrogens (tertiary/aromatic N) is 1. The average molecular weight is 210 g/mol. The molecule has 1 unspecified atom stereocenters. The number of nitrogens with one attached hydrogen (secondary N) is 1. The van der Waals surface area contributed by atoms with Crippen LogP contribution in [0.4, 0.5) is 0 Å². The van der Waals surface area contributed by atoms with Crippen LogP contribution in [0.1, 0.15) is 13.3 Å². The van der Waals surface area contributed by atoms with Crippen molar-refractivity contribution in [3.05, 3.63) is 12.7 Å². The van der Waals surface area contributed by atoms with Crippen molar-refractivity contribution >= 4 is 11.7 Å². The lowest BCUT2D eigenvalue weighted by atomic mass is 9.99. The molecule has 84 valence electrons. The first kappa shape index (κ1) is 11.9. The van der Waals surface area contributed by atoms with Crippen molar-refractivity contribution in [2.24, 2.45) is 5.92 Å². The second-order valence-corrected chi connectivity index (χ2v) is 3.95. The Labute approximate surface area is 90.3 Å². The van der Waals surface area contributed by atoms with Gasteiger partial charge in [0.1, 0.15) is 5.78 Å². The number of carbonyl (C=O) groups excluding carboxylic acids is 2. The first-order valence-corrected chi connectivity index (χ1v) is 5.26. The van der Waals surface area contributed by atoms with Crippen LogP contribution in [0, 0.1) is 5.92 Å². The molecule has 1 heterocycles. The maximum absolute atomic E-state index is 11.4. The lowest BCUT2D eigenvalue weighted by Gasteiger charge is -2.29. The highest BCUT2D eigenvalue weighted by atomic mass is 16.2. The molecule has 0 spiro atoms. The quantitative estimate of drug-likeness (QED) is 0.674. The van der Waals surface area contributed by atoms with E-state index in [1.807, 2.05) is 11.8 Å². The van der Waals surface area contributed by atoms with Crippen LogP contribution >= 0.6 is 0 Å². The highest BCUT2D eigenvalue weighted by Crippen LogP contribution is 2.11. The van der Waals surface area contributed by atoms with Gasteiger partial charge in [-0.25, -0.2) is 0 Å². The van der Waals surface area contributed by atoms with Crippen molar-refractivity contribution in [1.82, 2.24) is 10.2 Å². The molecule has 4 heteroatoms. The van der Waals surface area contributed by atoms with Crippen molar-refractivity contribution in [3.8, 4) is 0 Å². The summed E-state index contributed by atoms with van der Waals surface area (Å²) in [5, 5.41) is 2.72. The summed E-state index contributed by atoms with van der Waals surface area (Å²) in [5.74, 6) is 0.361. The maximum atomic E-state index is 11.4. The standard InChI is InChI=1S/C11H18N2O2/c1-3-5-12-11(15)8-13-6-4-10(14)9(2)7-13/h3,9H,1,4-8H2,2H3,(H,12,15). The Morgan fingerprint density at radius 1 is 1.73 bits per heavy atom. The molecule has 1 aliphatic rings. The van der Waals surface area contributed by atoms with Gasteiger partial charge in [-0.15, -0.1) is 6.58 Å². The number of hydrogen-bond acceptors (Lipinski definition) is 3. The molecule has 1 atom stereocenters. The summed E-state index contributed by atoms with van der Waals surface area (Å²) in [6.07, 6.45) is 2.22. The molecule has 1 amide bonds. The molecule has 15 heavy (non-hydrogen) atoms. The second-order valence-electron chi connectivity index (χ2n) is 3.95. The van der Waals surface area contributed by atoms with Crippen molar-refractivity contribution in [2.45, 2.75) is 13.3 Å². The fraction of sp³-hybridized carbons (Fsp3) is 0.636. The van der Waals surface area contributed by atoms with Gasteiger partial charge >= 0.3 is 0 Å². The number of hydrogen-bond donors (Lipinski definition) is 1. The predicted molar refractivity (Wildman–Crippen MR) is 58.4 cm³/mol. The molecule has 0 aromatic heterocycles. The van der Waals surface area contributed by atoms with E-state index in [0.717, 1.165) is 0 Å². The zero-order valence-electron chi connectivity index (χ0n) is 9.16. The fourth-order valence-electron chi connectivity index (χ4n) is 1.68. The van der Waals surface area contributed by atoms with Crippen LogP contribution in [-0.4, -0.2) is 42.8 Å². The molecule has 1 fully saturated rings. The molecular formula is C11H18N2O2. The smallest absolute Gasteiger partial charge is 0.234 e. The summed E-state index contributed by atoms with van der Waals surface area (Å²) in [6, 6.07) is 0. The summed E-state index contributed by atoms with van der Waals surface area (Å²) in [6.45, 7) is 7.72. The lowest BCUT2D eigenvalue weighted by Crippen LogP contribution is -2.44. The Kier molecular flexibility index (Phi) is 4.49. The van der Waals surface area contributed by atoms with Gasteiger partial charge in [-0.05, 0) is 0 Å². The number of Topliss-reactive ketones (excluding diaryl/α,β-unsaturated/α-hetero) is 1. The Morgan fingerprint density at radius 2 is 2.47 bits per heavy atom. The fourth-order valence-corrected chi connectivity index (χ4v) is 1.68. The summed E-state index contributed by atoms with van der Waals surface area (Å²) in [7, 11) is 0. The number of ketones is 1. The summed E-state index contributed by atoms with van der Waals surface area (Å²) >= 11 is 0. The second kappa shape index (κ2) is 5.66. The molecule has 0 aromatic carbocycles. The van der Waals surface area contributed by atoms with E-state index in [1.54, 1.807) is 6.08 Å². The Morgan fingerprint density at radius 3 is 3.07 bits per heavy atom. The number of carbonyl (C=O) groups is 2. The average Bonchev–Trinajstić information content (AvgIpc) is 2.20. The highest BCUT2D eigenvalue weighted by molar-refractivity contribution is 5.82. The largest absolute Gasteiger partial charge is 0.352 e. The van der Waals surface area contributed by atoms with Gasteiger partial charge in [0.15, 0.2) is 0 Å². The van der Waals surface area contributed by atoms with Crippen molar-refractivity contribution in [3.63, 3.8) is 0 Å². The Hall–Kier alpha value is -1.16. The van der Waals surface area contributed by atoms with E-state index in [0.29, 0.717) is 38.4 Å². The van der Waals surface area contributed by atoms with Crippen LogP contribution < -0.4 is 5.32 Å². The van der Waals surface area contributed by atoms with Crippen LogP contribution in [-0.2, 0) is 9.59 Å². The van der Waals surface area contributed by atoms with E-state index in [4.69, 9.17) is 0 Å². The molecule has 0 saturated carbocycles. The number of piperidine rings is 1. The third kappa shape index (κ3) is 3.83. The summed E-state index contributed by atoms with van der Waals surface area (Å²) in [4.78, 5) is 24.6. The van der Waals surface area contributed by atoms with Gasteiger partial charge in [0.25, 0.3) is 0 Å². The van der Waals surface area contributed by atoms with Crippen LogP contribution in [0.3, 0.4) is 0 Å². The third-order valence-corrected chi connectivity index (χ3v) is 2.57. The van der Waals surface area contributed by atoms with Gasteiger partial charge in [0.2, 0.25) is 5.91 Å². The molecule has 1 rings (SSSR count). The molecule has 1 aliphatic heterocycles. The summed E-state index contributed by atoms with van der Waals surface area (Å²) in [5.41, 5.74) is 0. The van der Waals surface area contributed by atoms with E-state index in [9.17, 15) is 9.59 Å². The molecule has 4 nitrogen and oxygen atoms in total. The minimum Gasteiger partial charge on any atom is -0.352 e. The molecule has 0 bridgehead atoms. The monoisotopic (exact) mass is 210 g/mol. The lowest BCUT2D eigenvalue weighted by molar-refractivity contribution is -0.129. The topological polar surface area (TPSA) is 49.4 Å². The van der Waals surface area contributed by atoms with Crippen molar-refractivity contribution in [1.29, 1.82) is 0 Å². The minimum absolute atomic E-state index is 0.00329. The molecule has 0 aliphatic carbocycles. The molecule has 0 aromatic rings. The molecular weight excluding hydrogens is 192 g/mol. The van der Waals surface area contributed by atoms with Gasteiger partial charge < -0.3 is 5.32 Å². The number of amides is 1. The highest BCUT2D eigenvalue weighted by Gasteiger charge is 2.24. The first-order chi connectivity index (χ1) is 7.13. The molecule has 1 N–H and O–H groups in total.